The third-order valence-electron chi connectivity index (χ3n) is 2.95. The maximum absolute atomic E-state index is 12.0. The molecule has 5 nitrogen and oxygen atoms in total. The molecule has 0 saturated carbocycles. The summed E-state index contributed by atoms with van der Waals surface area (Å²) >= 11 is 0. The molecule has 0 aliphatic rings. The maximum atomic E-state index is 12.0. The van der Waals surface area contributed by atoms with Crippen molar-refractivity contribution in [2.45, 2.75) is 6.92 Å². The van der Waals surface area contributed by atoms with E-state index >= 15 is 0 Å². The third-order valence-corrected chi connectivity index (χ3v) is 2.95. The quantitative estimate of drug-likeness (QED) is 0.717. The van der Waals surface area contributed by atoms with E-state index in [9.17, 15) is 4.79 Å². The van der Waals surface area contributed by atoms with E-state index < -0.39 is 0 Å². The summed E-state index contributed by atoms with van der Waals surface area (Å²) in [5.41, 5.74) is 7.85. The van der Waals surface area contributed by atoms with Crippen LogP contribution >= 0.6 is 0 Å². The Labute approximate surface area is 112 Å². The first kappa shape index (κ1) is 13.4. The number of methoxy groups -OCH3 is 1. The molecule has 1 atom stereocenters. The van der Waals surface area contributed by atoms with Gasteiger partial charge >= 0.3 is 0 Å². The Morgan fingerprint density at radius 3 is 3.00 bits per heavy atom. The van der Waals surface area contributed by atoms with Gasteiger partial charge in [-0.15, -0.1) is 0 Å². The highest BCUT2D eigenvalue weighted by Gasteiger charge is 2.10. The van der Waals surface area contributed by atoms with E-state index in [1.165, 1.54) is 0 Å². The Kier molecular flexibility index (Phi) is 4.06. The topological polar surface area (TPSA) is 80.1 Å². The monoisotopic (exact) mass is 261 g/mol. The molecule has 19 heavy (non-hydrogen) atoms. The van der Waals surface area contributed by atoms with Crippen LogP contribution in [-0.2, 0) is 4.74 Å². The van der Waals surface area contributed by atoms with Gasteiger partial charge in [0.15, 0.2) is 0 Å². The molecule has 0 bridgehead atoms. The molecule has 0 spiro atoms. The number of aromatic nitrogens is 1. The second-order valence-corrected chi connectivity index (χ2v) is 4.80. The SMILES string of the molecule is COCC(C)CNC(=O)c1cc2cc(N)ccc2[nH]1. The van der Waals surface area contributed by atoms with E-state index in [1.54, 1.807) is 13.2 Å². The summed E-state index contributed by atoms with van der Waals surface area (Å²) in [6, 6.07) is 7.33. The smallest absolute Gasteiger partial charge is 0.267 e. The van der Waals surface area contributed by atoms with Gasteiger partial charge in [0, 0.05) is 30.2 Å². The number of nitrogens with two attached hydrogens (primary N) is 1. The Morgan fingerprint density at radius 2 is 2.26 bits per heavy atom. The van der Waals surface area contributed by atoms with Gasteiger partial charge in [-0.1, -0.05) is 6.92 Å². The van der Waals surface area contributed by atoms with Crippen molar-refractivity contribution in [3.8, 4) is 0 Å². The highest BCUT2D eigenvalue weighted by atomic mass is 16.5. The average Bonchev–Trinajstić information content (AvgIpc) is 2.79. The molecule has 4 N–H and O–H groups in total. The Hall–Kier alpha value is -2.01. The minimum Gasteiger partial charge on any atom is -0.399 e. The number of rotatable bonds is 5. The number of carbonyl (C=O) groups excluding carboxylic acids is 1. The third kappa shape index (κ3) is 3.26. The van der Waals surface area contributed by atoms with Crippen molar-refractivity contribution < 1.29 is 9.53 Å². The molecule has 1 aromatic carbocycles. The molecule has 102 valence electrons. The molecule has 0 aliphatic carbocycles. The number of carbonyl (C=O) groups is 1. The van der Waals surface area contributed by atoms with E-state index in [1.807, 2.05) is 25.1 Å². The molecule has 2 aromatic rings. The molecule has 0 aliphatic heterocycles. The predicted octanol–water partition coefficient (Wildman–Crippen LogP) is 1.76. The summed E-state index contributed by atoms with van der Waals surface area (Å²) in [4.78, 5) is 15.1. The normalized spacial score (nSPS) is 12.5. The molecule has 1 unspecified atom stereocenters. The summed E-state index contributed by atoms with van der Waals surface area (Å²) in [5, 5.41) is 3.82. The van der Waals surface area contributed by atoms with Crippen molar-refractivity contribution in [1.82, 2.24) is 10.3 Å². The van der Waals surface area contributed by atoms with Crippen LogP contribution in [0.5, 0.6) is 0 Å². The highest BCUT2D eigenvalue weighted by molar-refractivity contribution is 5.98. The van der Waals surface area contributed by atoms with E-state index in [4.69, 9.17) is 10.5 Å². The Morgan fingerprint density at radius 1 is 1.47 bits per heavy atom. The zero-order chi connectivity index (χ0) is 13.8. The molecule has 1 aromatic heterocycles. The Balaban J connectivity index is 2.05. The number of ether oxygens (including phenoxy) is 1. The maximum Gasteiger partial charge on any atom is 0.267 e. The molecule has 0 saturated heterocycles. The number of hydrogen-bond acceptors (Lipinski definition) is 3. The second kappa shape index (κ2) is 5.75. The fourth-order valence-electron chi connectivity index (χ4n) is 1.98. The summed E-state index contributed by atoms with van der Waals surface area (Å²) in [6.45, 7) is 3.24. The first-order valence-electron chi connectivity index (χ1n) is 6.25. The van der Waals surface area contributed by atoms with Crippen LogP contribution in [0.15, 0.2) is 24.3 Å². The predicted molar refractivity (Wildman–Crippen MR) is 76.1 cm³/mol. The first-order valence-corrected chi connectivity index (χ1v) is 6.25. The van der Waals surface area contributed by atoms with Gasteiger partial charge in [-0.3, -0.25) is 4.79 Å². The molecule has 0 fully saturated rings. The van der Waals surface area contributed by atoms with Crippen molar-refractivity contribution in [3.05, 3.63) is 30.0 Å². The molecule has 0 radical (unpaired) electrons. The minimum absolute atomic E-state index is 0.113. The van der Waals surface area contributed by atoms with Crippen LogP contribution in [0.1, 0.15) is 17.4 Å². The average molecular weight is 261 g/mol. The second-order valence-electron chi connectivity index (χ2n) is 4.80. The van der Waals surface area contributed by atoms with E-state index in [0.717, 1.165) is 10.9 Å². The summed E-state index contributed by atoms with van der Waals surface area (Å²) in [5.74, 6) is 0.173. The number of aromatic amines is 1. The molecule has 1 amide bonds. The van der Waals surface area contributed by atoms with Crippen molar-refractivity contribution in [2.24, 2.45) is 5.92 Å². The number of nitrogens with one attached hydrogen (secondary N) is 2. The lowest BCUT2D eigenvalue weighted by molar-refractivity contribution is 0.0930. The largest absolute Gasteiger partial charge is 0.399 e. The van der Waals surface area contributed by atoms with Gasteiger partial charge in [-0.25, -0.2) is 0 Å². The lowest BCUT2D eigenvalue weighted by Gasteiger charge is -2.10. The fourth-order valence-corrected chi connectivity index (χ4v) is 1.98. The number of nitrogen functional groups attached to an aromatic ring is 1. The van der Waals surface area contributed by atoms with Gasteiger partial charge in [0.1, 0.15) is 5.69 Å². The number of fused-ring (bicyclic) bond motifs is 1. The molecule has 5 heteroatoms. The van der Waals surface area contributed by atoms with Crippen LogP contribution in [0.3, 0.4) is 0 Å². The molecule has 2 rings (SSSR count). The Bertz CT molecular complexity index is 577. The van der Waals surface area contributed by atoms with Gasteiger partial charge in [0.25, 0.3) is 5.91 Å². The lowest BCUT2D eigenvalue weighted by atomic mass is 10.2. The van der Waals surface area contributed by atoms with E-state index in [0.29, 0.717) is 24.5 Å². The van der Waals surface area contributed by atoms with Crippen molar-refractivity contribution >= 4 is 22.5 Å². The minimum atomic E-state index is -0.113. The van der Waals surface area contributed by atoms with Gasteiger partial charge < -0.3 is 20.8 Å². The number of benzene rings is 1. The number of hydrogen-bond donors (Lipinski definition) is 3. The van der Waals surface area contributed by atoms with E-state index in [-0.39, 0.29) is 11.8 Å². The van der Waals surface area contributed by atoms with Crippen LogP contribution in [0, 0.1) is 5.92 Å². The highest BCUT2D eigenvalue weighted by Crippen LogP contribution is 2.18. The summed E-state index contributed by atoms with van der Waals surface area (Å²) in [6.07, 6.45) is 0. The zero-order valence-electron chi connectivity index (χ0n) is 11.2. The van der Waals surface area contributed by atoms with Gasteiger partial charge in [-0.05, 0) is 30.2 Å². The van der Waals surface area contributed by atoms with E-state index in [2.05, 4.69) is 10.3 Å². The van der Waals surface area contributed by atoms with Crippen LogP contribution in [0.25, 0.3) is 10.9 Å². The van der Waals surface area contributed by atoms with Gasteiger partial charge in [0.05, 0.1) is 6.61 Å². The summed E-state index contributed by atoms with van der Waals surface area (Å²) in [7, 11) is 1.65. The number of anilines is 1. The zero-order valence-corrected chi connectivity index (χ0v) is 11.2. The van der Waals surface area contributed by atoms with Gasteiger partial charge in [-0.2, -0.15) is 0 Å². The van der Waals surface area contributed by atoms with Gasteiger partial charge in [0.2, 0.25) is 0 Å². The van der Waals surface area contributed by atoms with Crippen LogP contribution < -0.4 is 11.1 Å². The van der Waals surface area contributed by atoms with Crippen molar-refractivity contribution in [2.75, 3.05) is 26.0 Å². The van der Waals surface area contributed by atoms with Crippen LogP contribution in [-0.4, -0.2) is 31.2 Å². The molecular weight excluding hydrogens is 242 g/mol. The standard InChI is InChI=1S/C14H19N3O2/c1-9(8-19-2)7-16-14(18)13-6-10-5-11(15)3-4-12(10)17-13/h3-6,9,17H,7-8,15H2,1-2H3,(H,16,18). The fraction of sp³-hybridized carbons (Fsp3) is 0.357. The molecule has 1 heterocycles. The van der Waals surface area contributed by atoms with Crippen LogP contribution in [0.4, 0.5) is 5.69 Å². The molecular formula is C14H19N3O2. The number of amides is 1. The van der Waals surface area contributed by atoms with Crippen LogP contribution in [0.2, 0.25) is 0 Å². The number of H-pyrrole nitrogens is 1. The van der Waals surface area contributed by atoms with Crippen molar-refractivity contribution in [1.29, 1.82) is 0 Å². The summed E-state index contributed by atoms with van der Waals surface area (Å²) < 4.78 is 5.03. The van der Waals surface area contributed by atoms with Crippen molar-refractivity contribution in [3.63, 3.8) is 0 Å². The first-order chi connectivity index (χ1) is 9.10. The lowest BCUT2D eigenvalue weighted by Crippen LogP contribution is -2.30.